The van der Waals surface area contributed by atoms with Crippen LogP contribution < -0.4 is 0 Å². The van der Waals surface area contributed by atoms with Crippen molar-refractivity contribution in [1.29, 1.82) is 0 Å². The van der Waals surface area contributed by atoms with Gasteiger partial charge in [0.1, 0.15) is 11.3 Å². The summed E-state index contributed by atoms with van der Waals surface area (Å²) in [6, 6.07) is 9.20. The number of carbonyl (C=O) groups excluding carboxylic acids is 1. The number of nitrogens with zero attached hydrogens (tertiary/aromatic N) is 1. The Bertz CT molecular complexity index is 501. The molecule has 0 heterocycles. The zero-order valence-corrected chi connectivity index (χ0v) is 10.9. The van der Waals surface area contributed by atoms with E-state index in [1.165, 1.54) is 6.21 Å². The smallest absolute Gasteiger partial charge is 0.343 e. The van der Waals surface area contributed by atoms with E-state index in [1.807, 2.05) is 6.07 Å². The number of esters is 1. The van der Waals surface area contributed by atoms with Crippen molar-refractivity contribution in [2.24, 2.45) is 4.99 Å². The largest absolute Gasteiger partial charge is 0.506 e. The van der Waals surface area contributed by atoms with Gasteiger partial charge < -0.3 is 9.84 Å². The van der Waals surface area contributed by atoms with Crippen molar-refractivity contribution in [3.8, 4) is 0 Å². The molecule has 0 saturated heterocycles. The standard InChI is InChI=1S/C15H17NO3/c1-2-19-15(18)13(10-16-12-8-9-12)14(17)11-6-4-3-5-7-11/h3-7,10,12,17H,2,8-9H2,1H3. The van der Waals surface area contributed by atoms with Gasteiger partial charge in [-0.3, -0.25) is 4.99 Å². The van der Waals surface area contributed by atoms with Crippen LogP contribution in [0.4, 0.5) is 0 Å². The Labute approximate surface area is 112 Å². The minimum absolute atomic E-state index is 0.0940. The van der Waals surface area contributed by atoms with Gasteiger partial charge in [-0.05, 0) is 19.8 Å². The molecular formula is C15H17NO3. The molecule has 1 aromatic carbocycles. The van der Waals surface area contributed by atoms with Gasteiger partial charge in [0, 0.05) is 11.8 Å². The topological polar surface area (TPSA) is 58.9 Å². The second-order valence-electron chi connectivity index (χ2n) is 4.36. The maximum absolute atomic E-state index is 11.9. The minimum Gasteiger partial charge on any atom is -0.506 e. The van der Waals surface area contributed by atoms with Crippen molar-refractivity contribution in [3.63, 3.8) is 0 Å². The average molecular weight is 259 g/mol. The molecule has 1 aliphatic rings. The third-order valence-corrected chi connectivity index (χ3v) is 2.76. The molecule has 0 aromatic heterocycles. The zero-order valence-electron chi connectivity index (χ0n) is 10.9. The number of aliphatic hydroxyl groups is 1. The first-order chi connectivity index (χ1) is 9.22. The molecule has 0 radical (unpaired) electrons. The highest BCUT2D eigenvalue weighted by molar-refractivity contribution is 6.15. The van der Waals surface area contributed by atoms with Crippen molar-refractivity contribution in [2.45, 2.75) is 25.8 Å². The number of hydrogen-bond acceptors (Lipinski definition) is 4. The summed E-state index contributed by atoms with van der Waals surface area (Å²) in [7, 11) is 0. The van der Waals surface area contributed by atoms with E-state index in [9.17, 15) is 9.90 Å². The second kappa shape index (κ2) is 6.18. The molecule has 1 aromatic rings. The van der Waals surface area contributed by atoms with Crippen LogP contribution in [0.3, 0.4) is 0 Å². The molecule has 19 heavy (non-hydrogen) atoms. The molecular weight excluding hydrogens is 242 g/mol. The number of rotatable bonds is 5. The van der Waals surface area contributed by atoms with Crippen LogP contribution in [0.5, 0.6) is 0 Å². The monoisotopic (exact) mass is 259 g/mol. The lowest BCUT2D eigenvalue weighted by molar-refractivity contribution is -0.137. The van der Waals surface area contributed by atoms with Crippen LogP contribution in [0.2, 0.25) is 0 Å². The Hall–Kier alpha value is -2.10. The number of ether oxygens (including phenoxy) is 1. The summed E-state index contributed by atoms with van der Waals surface area (Å²) < 4.78 is 4.95. The number of aliphatic hydroxyl groups excluding tert-OH is 1. The maximum atomic E-state index is 11.9. The first kappa shape index (κ1) is 13.3. The first-order valence-electron chi connectivity index (χ1n) is 6.41. The lowest BCUT2D eigenvalue weighted by Gasteiger charge is -2.06. The van der Waals surface area contributed by atoms with E-state index in [0.717, 1.165) is 12.8 Å². The highest BCUT2D eigenvalue weighted by Gasteiger charge is 2.21. The number of aliphatic imine (C=N–C) groups is 1. The van der Waals surface area contributed by atoms with Crippen LogP contribution in [0.15, 0.2) is 40.9 Å². The molecule has 100 valence electrons. The molecule has 0 bridgehead atoms. The van der Waals surface area contributed by atoms with E-state index in [4.69, 9.17) is 4.74 Å². The van der Waals surface area contributed by atoms with Gasteiger partial charge in [-0.25, -0.2) is 4.79 Å². The van der Waals surface area contributed by atoms with Crippen molar-refractivity contribution >= 4 is 17.9 Å². The van der Waals surface area contributed by atoms with Gasteiger partial charge in [0.15, 0.2) is 0 Å². The van der Waals surface area contributed by atoms with Crippen molar-refractivity contribution in [1.82, 2.24) is 0 Å². The van der Waals surface area contributed by atoms with E-state index in [0.29, 0.717) is 5.56 Å². The summed E-state index contributed by atoms with van der Waals surface area (Å²) >= 11 is 0. The van der Waals surface area contributed by atoms with Crippen LogP contribution in [0.1, 0.15) is 25.3 Å². The van der Waals surface area contributed by atoms with E-state index >= 15 is 0 Å². The van der Waals surface area contributed by atoms with Gasteiger partial charge in [0.25, 0.3) is 0 Å². The molecule has 4 nitrogen and oxygen atoms in total. The fourth-order valence-electron chi connectivity index (χ4n) is 1.57. The lowest BCUT2D eigenvalue weighted by Crippen LogP contribution is -2.11. The molecule has 1 saturated carbocycles. The predicted molar refractivity (Wildman–Crippen MR) is 74.1 cm³/mol. The van der Waals surface area contributed by atoms with Crippen molar-refractivity contribution in [3.05, 3.63) is 41.5 Å². The van der Waals surface area contributed by atoms with Gasteiger partial charge in [-0.15, -0.1) is 0 Å². The average Bonchev–Trinajstić information content (AvgIpc) is 3.24. The second-order valence-corrected chi connectivity index (χ2v) is 4.36. The Morgan fingerprint density at radius 2 is 2.11 bits per heavy atom. The third kappa shape index (κ3) is 3.68. The molecule has 4 heteroatoms. The quantitative estimate of drug-likeness (QED) is 0.383. The van der Waals surface area contributed by atoms with Crippen LogP contribution in [-0.4, -0.2) is 29.9 Å². The number of carbonyl (C=O) groups is 1. The van der Waals surface area contributed by atoms with Crippen LogP contribution in [0.25, 0.3) is 5.76 Å². The van der Waals surface area contributed by atoms with Gasteiger partial charge >= 0.3 is 5.97 Å². The van der Waals surface area contributed by atoms with Crippen molar-refractivity contribution in [2.75, 3.05) is 6.61 Å². The summed E-state index contributed by atoms with van der Waals surface area (Å²) in [6.07, 6.45) is 3.51. The molecule has 0 unspecified atom stereocenters. The van der Waals surface area contributed by atoms with Crippen LogP contribution >= 0.6 is 0 Å². The van der Waals surface area contributed by atoms with Gasteiger partial charge in [-0.1, -0.05) is 30.3 Å². The molecule has 0 amide bonds. The fourth-order valence-corrected chi connectivity index (χ4v) is 1.57. The summed E-state index contributed by atoms with van der Waals surface area (Å²) in [5.41, 5.74) is 0.688. The molecule has 2 rings (SSSR count). The number of hydrogen-bond donors (Lipinski definition) is 1. The minimum atomic E-state index is -0.548. The van der Waals surface area contributed by atoms with Crippen molar-refractivity contribution < 1.29 is 14.6 Å². The van der Waals surface area contributed by atoms with E-state index in [2.05, 4.69) is 4.99 Å². The summed E-state index contributed by atoms with van der Waals surface area (Å²) in [6.45, 7) is 1.99. The SMILES string of the molecule is CCOC(=O)C(C=NC1CC1)=C(O)c1ccccc1. The zero-order chi connectivity index (χ0) is 13.7. The van der Waals surface area contributed by atoms with E-state index < -0.39 is 5.97 Å². The summed E-state index contributed by atoms with van der Waals surface area (Å²) in [5.74, 6) is -0.642. The Morgan fingerprint density at radius 1 is 1.42 bits per heavy atom. The number of benzene rings is 1. The lowest BCUT2D eigenvalue weighted by atomic mass is 10.1. The van der Waals surface area contributed by atoms with Gasteiger partial charge in [-0.2, -0.15) is 0 Å². The normalized spacial score (nSPS) is 16.3. The molecule has 1 N–H and O–H groups in total. The van der Waals surface area contributed by atoms with Gasteiger partial charge in [0.05, 0.1) is 12.6 Å². The molecule has 1 fully saturated rings. The highest BCUT2D eigenvalue weighted by Crippen LogP contribution is 2.24. The van der Waals surface area contributed by atoms with E-state index in [1.54, 1.807) is 31.2 Å². The molecule has 0 spiro atoms. The molecule has 0 aliphatic heterocycles. The Morgan fingerprint density at radius 3 is 2.68 bits per heavy atom. The Kier molecular flexibility index (Phi) is 4.34. The third-order valence-electron chi connectivity index (χ3n) is 2.76. The molecule has 0 atom stereocenters. The Balaban J connectivity index is 2.31. The summed E-state index contributed by atoms with van der Waals surface area (Å²) in [5, 5.41) is 10.2. The van der Waals surface area contributed by atoms with E-state index in [-0.39, 0.29) is 24.0 Å². The van der Waals surface area contributed by atoms with Crippen LogP contribution in [0, 0.1) is 0 Å². The van der Waals surface area contributed by atoms with Gasteiger partial charge in [0.2, 0.25) is 0 Å². The fraction of sp³-hybridized carbons (Fsp3) is 0.333. The highest BCUT2D eigenvalue weighted by atomic mass is 16.5. The maximum Gasteiger partial charge on any atom is 0.343 e. The molecule has 1 aliphatic carbocycles. The predicted octanol–water partition coefficient (Wildman–Crippen LogP) is 2.75. The van der Waals surface area contributed by atoms with Crippen LogP contribution in [-0.2, 0) is 9.53 Å². The first-order valence-corrected chi connectivity index (χ1v) is 6.41. The summed E-state index contributed by atoms with van der Waals surface area (Å²) in [4.78, 5) is 16.1.